The van der Waals surface area contributed by atoms with Crippen LogP contribution in [0.5, 0.6) is 0 Å². The molecule has 0 aliphatic heterocycles. The molecule has 0 aromatic carbocycles. The number of aliphatic carboxylic acids is 1. The number of nitrogens with zero attached hydrogens (tertiary/aromatic N) is 1. The third kappa shape index (κ3) is 2.13. The monoisotopic (exact) mass is 187 g/mol. The van der Waals surface area contributed by atoms with E-state index in [1.165, 1.54) is 18.4 Å². The number of halogens is 1. The molecule has 64 valence electrons. The lowest BCUT2D eigenvalue weighted by molar-refractivity contribution is -0.132. The molecule has 1 heterocycles. The Hall–Kier alpha value is -1.23. The van der Waals surface area contributed by atoms with E-state index in [0.717, 1.165) is 11.3 Å². The van der Waals surface area contributed by atoms with E-state index in [1.54, 1.807) is 0 Å². The van der Waals surface area contributed by atoms with Gasteiger partial charge in [-0.1, -0.05) is 11.3 Å². The van der Waals surface area contributed by atoms with Gasteiger partial charge in [0.2, 0.25) is 0 Å². The standard InChI is InChI=1S/C7H6FNO2S/c1-4(6(10)11)2-5-3-12-7(8)9-5/h2-3H,1H3,(H,10,11)/b4-2+. The van der Waals surface area contributed by atoms with Crippen molar-refractivity contribution >= 4 is 23.4 Å². The van der Waals surface area contributed by atoms with Crippen molar-refractivity contribution < 1.29 is 14.3 Å². The lowest BCUT2D eigenvalue weighted by Crippen LogP contribution is -1.95. The first-order valence-corrected chi connectivity index (χ1v) is 4.00. The van der Waals surface area contributed by atoms with Crippen molar-refractivity contribution in [2.45, 2.75) is 6.92 Å². The van der Waals surface area contributed by atoms with Crippen LogP contribution in [-0.2, 0) is 4.79 Å². The summed E-state index contributed by atoms with van der Waals surface area (Å²) in [5.41, 5.74) is 0.484. The van der Waals surface area contributed by atoms with E-state index in [4.69, 9.17) is 5.11 Å². The number of thiazole rings is 1. The van der Waals surface area contributed by atoms with Crippen molar-refractivity contribution in [3.05, 3.63) is 21.9 Å². The Labute approximate surface area is 72.2 Å². The van der Waals surface area contributed by atoms with E-state index < -0.39 is 11.2 Å². The number of carbonyl (C=O) groups is 1. The van der Waals surface area contributed by atoms with E-state index in [0.29, 0.717) is 5.69 Å². The van der Waals surface area contributed by atoms with Crippen molar-refractivity contribution in [1.29, 1.82) is 0 Å². The van der Waals surface area contributed by atoms with Gasteiger partial charge in [0.15, 0.2) is 0 Å². The van der Waals surface area contributed by atoms with Crippen molar-refractivity contribution in [3.63, 3.8) is 0 Å². The van der Waals surface area contributed by atoms with Crippen LogP contribution in [0.15, 0.2) is 11.0 Å². The molecular weight excluding hydrogens is 181 g/mol. The molecule has 0 radical (unpaired) electrons. The molecule has 3 nitrogen and oxygen atoms in total. The van der Waals surface area contributed by atoms with Gasteiger partial charge in [0.25, 0.3) is 5.26 Å². The molecule has 0 saturated heterocycles. The van der Waals surface area contributed by atoms with Crippen LogP contribution in [0.2, 0.25) is 0 Å². The quantitative estimate of drug-likeness (QED) is 0.718. The van der Waals surface area contributed by atoms with Gasteiger partial charge < -0.3 is 5.11 Å². The topological polar surface area (TPSA) is 50.2 Å². The highest BCUT2D eigenvalue weighted by Crippen LogP contribution is 2.10. The molecular formula is C7H6FNO2S. The molecule has 0 amide bonds. The SMILES string of the molecule is C/C(=C\c1csc(F)n1)C(=O)O. The highest BCUT2D eigenvalue weighted by atomic mass is 32.1. The van der Waals surface area contributed by atoms with Crippen LogP contribution in [0.3, 0.4) is 0 Å². The van der Waals surface area contributed by atoms with Crippen LogP contribution >= 0.6 is 11.3 Å². The van der Waals surface area contributed by atoms with Gasteiger partial charge in [-0.25, -0.2) is 9.78 Å². The number of hydrogen-bond acceptors (Lipinski definition) is 3. The lowest BCUT2D eigenvalue weighted by Gasteiger charge is -1.88. The number of hydrogen-bond donors (Lipinski definition) is 1. The smallest absolute Gasteiger partial charge is 0.331 e. The lowest BCUT2D eigenvalue weighted by atomic mass is 10.2. The number of carboxylic acids is 1. The first-order valence-electron chi connectivity index (χ1n) is 3.12. The molecule has 12 heavy (non-hydrogen) atoms. The fourth-order valence-corrected chi connectivity index (χ4v) is 1.11. The van der Waals surface area contributed by atoms with Crippen LogP contribution in [0.25, 0.3) is 6.08 Å². The Bertz CT molecular complexity index is 332. The Morgan fingerprint density at radius 1 is 1.83 bits per heavy atom. The minimum absolute atomic E-state index is 0.139. The summed E-state index contributed by atoms with van der Waals surface area (Å²) in [4.78, 5) is 13.8. The summed E-state index contributed by atoms with van der Waals surface area (Å²) < 4.78 is 12.3. The maximum atomic E-state index is 12.3. The van der Waals surface area contributed by atoms with Gasteiger partial charge in [-0.15, -0.1) is 0 Å². The maximum Gasteiger partial charge on any atom is 0.331 e. The Morgan fingerprint density at radius 2 is 2.50 bits per heavy atom. The second kappa shape index (κ2) is 3.44. The number of rotatable bonds is 2. The number of aromatic nitrogens is 1. The Balaban J connectivity index is 2.87. The molecule has 0 fully saturated rings. The van der Waals surface area contributed by atoms with E-state index in [-0.39, 0.29) is 5.57 Å². The van der Waals surface area contributed by atoms with Gasteiger partial charge in [0.1, 0.15) is 0 Å². The van der Waals surface area contributed by atoms with Crippen LogP contribution in [0.1, 0.15) is 12.6 Å². The third-order valence-corrected chi connectivity index (χ3v) is 1.84. The van der Waals surface area contributed by atoms with Gasteiger partial charge in [-0.3, -0.25) is 0 Å². The summed E-state index contributed by atoms with van der Waals surface area (Å²) in [7, 11) is 0. The van der Waals surface area contributed by atoms with E-state index >= 15 is 0 Å². The van der Waals surface area contributed by atoms with Crippen LogP contribution in [-0.4, -0.2) is 16.1 Å². The molecule has 1 rings (SSSR count). The first kappa shape index (κ1) is 8.86. The summed E-state index contributed by atoms with van der Waals surface area (Å²) in [6, 6.07) is 0. The first-order chi connectivity index (χ1) is 5.59. The van der Waals surface area contributed by atoms with Crippen LogP contribution in [0.4, 0.5) is 4.39 Å². The zero-order chi connectivity index (χ0) is 9.14. The van der Waals surface area contributed by atoms with E-state index in [2.05, 4.69) is 4.98 Å². The van der Waals surface area contributed by atoms with Crippen LogP contribution in [0, 0.1) is 5.26 Å². The summed E-state index contributed by atoms with van der Waals surface area (Å²) in [5, 5.41) is 9.37. The molecule has 0 saturated carbocycles. The molecule has 0 spiro atoms. The summed E-state index contributed by atoms with van der Waals surface area (Å²) in [6.07, 6.45) is 1.32. The normalized spacial score (nSPS) is 11.7. The number of carboxylic acid groups (broad SMARTS) is 1. The highest BCUT2D eigenvalue weighted by Gasteiger charge is 2.02. The molecule has 0 aliphatic carbocycles. The zero-order valence-corrected chi connectivity index (χ0v) is 7.06. The predicted octanol–water partition coefficient (Wildman–Crippen LogP) is 1.77. The molecule has 1 aromatic heterocycles. The van der Waals surface area contributed by atoms with Gasteiger partial charge in [-0.2, -0.15) is 4.39 Å². The second-order valence-electron chi connectivity index (χ2n) is 2.16. The molecule has 5 heteroatoms. The molecule has 1 N–H and O–H groups in total. The van der Waals surface area contributed by atoms with E-state index in [9.17, 15) is 9.18 Å². The maximum absolute atomic E-state index is 12.3. The minimum atomic E-state index is -1.02. The predicted molar refractivity (Wildman–Crippen MR) is 43.4 cm³/mol. The average Bonchev–Trinajstić information content (AvgIpc) is 2.35. The largest absolute Gasteiger partial charge is 0.478 e. The average molecular weight is 187 g/mol. The molecule has 0 aliphatic rings. The van der Waals surface area contributed by atoms with Crippen molar-refractivity contribution in [2.75, 3.05) is 0 Å². The Kier molecular flexibility index (Phi) is 2.54. The molecule has 0 bridgehead atoms. The summed E-state index contributed by atoms with van der Waals surface area (Å²) in [5.74, 6) is -1.02. The molecule has 0 unspecified atom stereocenters. The Morgan fingerprint density at radius 3 is 2.92 bits per heavy atom. The fraction of sp³-hybridized carbons (Fsp3) is 0.143. The second-order valence-corrected chi connectivity index (χ2v) is 2.97. The van der Waals surface area contributed by atoms with Gasteiger partial charge in [0, 0.05) is 11.0 Å². The van der Waals surface area contributed by atoms with Gasteiger partial charge in [0.05, 0.1) is 5.69 Å². The fourth-order valence-electron chi connectivity index (χ4n) is 0.613. The van der Waals surface area contributed by atoms with Crippen molar-refractivity contribution in [3.8, 4) is 0 Å². The van der Waals surface area contributed by atoms with Crippen LogP contribution < -0.4 is 0 Å². The van der Waals surface area contributed by atoms with Crippen molar-refractivity contribution in [2.24, 2.45) is 0 Å². The summed E-state index contributed by atoms with van der Waals surface area (Å²) in [6.45, 7) is 1.43. The minimum Gasteiger partial charge on any atom is -0.478 e. The highest BCUT2D eigenvalue weighted by molar-refractivity contribution is 7.08. The zero-order valence-electron chi connectivity index (χ0n) is 6.24. The summed E-state index contributed by atoms with van der Waals surface area (Å²) >= 11 is 0.843. The van der Waals surface area contributed by atoms with Gasteiger partial charge >= 0.3 is 5.97 Å². The van der Waals surface area contributed by atoms with E-state index in [1.807, 2.05) is 0 Å². The third-order valence-electron chi connectivity index (χ3n) is 1.20. The van der Waals surface area contributed by atoms with Crippen molar-refractivity contribution in [1.82, 2.24) is 4.98 Å². The van der Waals surface area contributed by atoms with Gasteiger partial charge in [-0.05, 0) is 13.0 Å². The molecule has 1 aromatic rings. The molecule has 0 atom stereocenters.